The average Bonchev–Trinajstić information content (AvgIpc) is 3.00. The summed E-state index contributed by atoms with van der Waals surface area (Å²) in [6.45, 7) is 8.55. The second kappa shape index (κ2) is 4.94. The molecule has 2 atom stereocenters. The van der Waals surface area contributed by atoms with Gasteiger partial charge >= 0.3 is 0 Å². The molecule has 2 bridgehead atoms. The van der Waals surface area contributed by atoms with Crippen LogP contribution >= 0.6 is 11.3 Å². The number of hydrogen-bond donors (Lipinski definition) is 0. The molecule has 3 nitrogen and oxygen atoms in total. The molecule has 2 aromatic heterocycles. The molecule has 2 aromatic rings. The Bertz CT molecular complexity index is 809. The highest BCUT2D eigenvalue weighted by atomic mass is 32.1. The molecule has 2 fully saturated rings. The van der Waals surface area contributed by atoms with Crippen LogP contribution in [0.2, 0.25) is 0 Å². The first-order valence-electron chi connectivity index (χ1n) is 9.46. The zero-order valence-electron chi connectivity index (χ0n) is 15.1. The highest BCUT2D eigenvalue weighted by molar-refractivity contribution is 7.19. The fourth-order valence-electron chi connectivity index (χ4n) is 6.00. The van der Waals surface area contributed by atoms with E-state index in [1.165, 1.54) is 61.0 Å². The molecule has 0 aromatic carbocycles. The van der Waals surface area contributed by atoms with Crippen LogP contribution < -0.4 is 4.90 Å². The van der Waals surface area contributed by atoms with Crippen LogP contribution in [-0.2, 0) is 12.8 Å². The van der Waals surface area contributed by atoms with E-state index in [2.05, 4.69) is 30.7 Å². The zero-order chi connectivity index (χ0) is 16.5. The molecule has 0 amide bonds. The maximum atomic E-state index is 4.83. The average molecular weight is 342 g/mol. The minimum atomic E-state index is 0.444. The van der Waals surface area contributed by atoms with Gasteiger partial charge in [-0.3, -0.25) is 0 Å². The number of nitrogens with zero attached hydrogens (tertiary/aromatic N) is 3. The van der Waals surface area contributed by atoms with E-state index in [0.29, 0.717) is 16.9 Å². The highest BCUT2D eigenvalue weighted by Gasteiger charge is 2.50. The van der Waals surface area contributed by atoms with Crippen LogP contribution in [0.3, 0.4) is 0 Å². The number of rotatable bonds is 1. The van der Waals surface area contributed by atoms with Crippen LogP contribution in [0.25, 0.3) is 10.2 Å². The molecular formula is C20H27N3S. The molecule has 0 spiro atoms. The van der Waals surface area contributed by atoms with Gasteiger partial charge in [-0.05, 0) is 61.3 Å². The van der Waals surface area contributed by atoms with E-state index in [-0.39, 0.29) is 0 Å². The maximum absolute atomic E-state index is 4.83. The van der Waals surface area contributed by atoms with Crippen LogP contribution in [-0.4, -0.2) is 22.6 Å². The second-order valence-electron chi connectivity index (χ2n) is 9.43. The van der Waals surface area contributed by atoms with E-state index in [1.807, 2.05) is 11.3 Å². The Morgan fingerprint density at radius 3 is 2.83 bits per heavy atom. The summed E-state index contributed by atoms with van der Waals surface area (Å²) in [5.41, 5.74) is 2.47. The number of aryl methyl sites for hydroxylation is 2. The Labute approximate surface area is 148 Å². The second-order valence-corrected chi connectivity index (χ2v) is 10.5. The van der Waals surface area contributed by atoms with Crippen molar-refractivity contribution in [2.75, 3.05) is 11.4 Å². The van der Waals surface area contributed by atoms with Crippen molar-refractivity contribution >= 4 is 27.4 Å². The van der Waals surface area contributed by atoms with E-state index < -0.39 is 0 Å². The fourth-order valence-corrected chi connectivity index (χ4v) is 7.22. The normalized spacial score (nSPS) is 31.5. The molecule has 24 heavy (non-hydrogen) atoms. The van der Waals surface area contributed by atoms with Gasteiger partial charge in [0.1, 0.15) is 17.0 Å². The molecule has 0 N–H and O–H groups in total. The van der Waals surface area contributed by atoms with E-state index in [9.17, 15) is 0 Å². The summed E-state index contributed by atoms with van der Waals surface area (Å²) in [4.78, 5) is 14.9. The van der Waals surface area contributed by atoms with Crippen molar-refractivity contribution in [2.24, 2.45) is 10.8 Å². The van der Waals surface area contributed by atoms with Gasteiger partial charge in [-0.15, -0.1) is 11.3 Å². The summed E-state index contributed by atoms with van der Waals surface area (Å²) in [7, 11) is 0. The molecular weight excluding hydrogens is 314 g/mol. The van der Waals surface area contributed by atoms with Crippen LogP contribution in [0.15, 0.2) is 6.33 Å². The smallest absolute Gasteiger partial charge is 0.141 e. The van der Waals surface area contributed by atoms with E-state index in [0.717, 1.165) is 6.54 Å². The predicted molar refractivity (Wildman–Crippen MR) is 101 cm³/mol. The van der Waals surface area contributed by atoms with Gasteiger partial charge in [-0.1, -0.05) is 20.8 Å². The van der Waals surface area contributed by atoms with Crippen molar-refractivity contribution in [3.8, 4) is 0 Å². The van der Waals surface area contributed by atoms with Gasteiger partial charge in [0.15, 0.2) is 0 Å². The number of thiophene rings is 1. The van der Waals surface area contributed by atoms with Crippen LogP contribution in [0, 0.1) is 10.8 Å². The SMILES string of the molecule is CC1(C)C[C@H]2C[C@](C)(CN2c2ncnc3sc4c(c23)CCCC4)C1. The molecule has 3 heterocycles. The van der Waals surface area contributed by atoms with Crippen molar-refractivity contribution in [3.63, 3.8) is 0 Å². The van der Waals surface area contributed by atoms with Crippen LogP contribution in [0.4, 0.5) is 5.82 Å². The molecule has 3 aliphatic rings. The van der Waals surface area contributed by atoms with Gasteiger partial charge in [-0.25, -0.2) is 9.97 Å². The Hall–Kier alpha value is -1.16. The monoisotopic (exact) mass is 341 g/mol. The Balaban J connectivity index is 1.64. The molecule has 0 unspecified atom stereocenters. The molecule has 0 radical (unpaired) electrons. The molecule has 4 heteroatoms. The lowest BCUT2D eigenvalue weighted by atomic mass is 9.65. The topological polar surface area (TPSA) is 29.0 Å². The molecule has 2 aliphatic carbocycles. The summed E-state index contributed by atoms with van der Waals surface area (Å²) in [5.74, 6) is 1.24. The van der Waals surface area contributed by atoms with Crippen LogP contribution in [0.1, 0.15) is 63.3 Å². The lowest BCUT2D eigenvalue weighted by Gasteiger charge is -2.39. The first-order valence-corrected chi connectivity index (χ1v) is 10.3. The zero-order valence-corrected chi connectivity index (χ0v) is 15.9. The van der Waals surface area contributed by atoms with Crippen molar-refractivity contribution in [3.05, 3.63) is 16.8 Å². The van der Waals surface area contributed by atoms with E-state index >= 15 is 0 Å². The largest absolute Gasteiger partial charge is 0.352 e. The third kappa shape index (κ3) is 2.22. The Morgan fingerprint density at radius 2 is 1.96 bits per heavy atom. The van der Waals surface area contributed by atoms with Crippen LogP contribution in [0.5, 0.6) is 0 Å². The molecule has 1 saturated carbocycles. The standard InChI is InChI=1S/C20H27N3S/c1-19(2)8-13-9-20(3,10-19)11-23(13)17-16-14-6-4-5-7-15(14)24-18(16)22-12-21-17/h12-13H,4-11H2,1-3H3/t13-,20-/m0/s1. The number of hydrogen-bond acceptors (Lipinski definition) is 4. The van der Waals surface area contributed by atoms with Crippen molar-refractivity contribution < 1.29 is 0 Å². The summed E-state index contributed by atoms with van der Waals surface area (Å²) >= 11 is 1.92. The third-order valence-electron chi connectivity index (χ3n) is 6.42. The van der Waals surface area contributed by atoms with Gasteiger partial charge in [0.05, 0.1) is 5.39 Å². The summed E-state index contributed by atoms with van der Waals surface area (Å²) in [6.07, 6.45) is 10.9. The molecule has 5 rings (SSSR count). The first-order chi connectivity index (χ1) is 11.4. The third-order valence-corrected chi connectivity index (χ3v) is 7.62. The highest BCUT2D eigenvalue weighted by Crippen LogP contribution is 2.54. The summed E-state index contributed by atoms with van der Waals surface area (Å²) < 4.78 is 0. The number of aromatic nitrogens is 2. The maximum Gasteiger partial charge on any atom is 0.141 e. The summed E-state index contributed by atoms with van der Waals surface area (Å²) in [5, 5.41) is 1.39. The fraction of sp³-hybridized carbons (Fsp3) is 0.700. The molecule has 1 saturated heterocycles. The molecule has 1 aliphatic heterocycles. The summed E-state index contributed by atoms with van der Waals surface area (Å²) in [6, 6.07) is 0.649. The number of fused-ring (bicyclic) bond motifs is 5. The van der Waals surface area contributed by atoms with Crippen molar-refractivity contribution in [2.45, 2.75) is 71.8 Å². The van der Waals surface area contributed by atoms with Crippen molar-refractivity contribution in [1.82, 2.24) is 9.97 Å². The minimum absolute atomic E-state index is 0.444. The Morgan fingerprint density at radius 1 is 1.12 bits per heavy atom. The lowest BCUT2D eigenvalue weighted by molar-refractivity contribution is 0.136. The van der Waals surface area contributed by atoms with Gasteiger partial charge in [-0.2, -0.15) is 0 Å². The van der Waals surface area contributed by atoms with Gasteiger partial charge < -0.3 is 4.90 Å². The lowest BCUT2D eigenvalue weighted by Crippen LogP contribution is -2.35. The van der Waals surface area contributed by atoms with E-state index in [4.69, 9.17) is 4.98 Å². The van der Waals surface area contributed by atoms with Gasteiger partial charge in [0, 0.05) is 17.5 Å². The Kier molecular flexibility index (Phi) is 3.11. The first kappa shape index (κ1) is 15.1. The minimum Gasteiger partial charge on any atom is -0.352 e. The predicted octanol–water partition coefficient (Wildman–Crippen LogP) is 4.98. The van der Waals surface area contributed by atoms with E-state index in [1.54, 1.807) is 16.8 Å². The quantitative estimate of drug-likeness (QED) is 0.733. The molecule has 128 valence electrons. The number of anilines is 1. The van der Waals surface area contributed by atoms with Crippen molar-refractivity contribution in [1.29, 1.82) is 0 Å². The van der Waals surface area contributed by atoms with Gasteiger partial charge in [0.25, 0.3) is 0 Å². The van der Waals surface area contributed by atoms with Gasteiger partial charge in [0.2, 0.25) is 0 Å².